The van der Waals surface area contributed by atoms with Crippen LogP contribution in [-0.4, -0.2) is 12.0 Å². The van der Waals surface area contributed by atoms with Gasteiger partial charge >= 0.3 is 0 Å². The predicted octanol–water partition coefficient (Wildman–Crippen LogP) is 4.05. The number of hydrogen-bond acceptors (Lipinski definition) is 2. The van der Waals surface area contributed by atoms with Gasteiger partial charge in [0.1, 0.15) is 5.75 Å². The van der Waals surface area contributed by atoms with Crippen LogP contribution in [0.3, 0.4) is 0 Å². The molecule has 2 rings (SSSR count). The quantitative estimate of drug-likeness (QED) is 0.922. The molecule has 20 heavy (non-hydrogen) atoms. The zero-order chi connectivity index (χ0) is 14.5. The van der Waals surface area contributed by atoms with Crippen molar-refractivity contribution in [2.45, 2.75) is 20.0 Å². The molecule has 0 saturated carbocycles. The Bertz CT molecular complexity index is 596. The highest BCUT2D eigenvalue weighted by atomic mass is 35.5. The van der Waals surface area contributed by atoms with Gasteiger partial charge in [-0.3, -0.25) is 4.79 Å². The molecule has 0 saturated heterocycles. The van der Waals surface area contributed by atoms with Crippen LogP contribution in [0.1, 0.15) is 12.5 Å². The molecule has 1 N–H and O–H groups in total. The molecule has 1 atom stereocenters. The molecule has 2 aromatic carbocycles. The van der Waals surface area contributed by atoms with E-state index in [1.54, 1.807) is 31.2 Å². The summed E-state index contributed by atoms with van der Waals surface area (Å²) in [5, 5.41) is 3.38. The summed E-state index contributed by atoms with van der Waals surface area (Å²) in [6.07, 6.45) is -0.602. The third kappa shape index (κ3) is 4.00. The Hall–Kier alpha value is -2.00. The molecule has 2 aromatic rings. The summed E-state index contributed by atoms with van der Waals surface area (Å²) in [5.41, 5.74) is 1.90. The molecule has 104 valence electrons. The lowest BCUT2D eigenvalue weighted by molar-refractivity contribution is -0.122. The summed E-state index contributed by atoms with van der Waals surface area (Å²) in [7, 11) is 0. The highest BCUT2D eigenvalue weighted by Gasteiger charge is 2.14. The Balaban J connectivity index is 1.96. The highest BCUT2D eigenvalue weighted by Crippen LogP contribution is 2.19. The van der Waals surface area contributed by atoms with Crippen LogP contribution in [0.15, 0.2) is 48.5 Å². The lowest BCUT2D eigenvalue weighted by atomic mass is 10.2. The van der Waals surface area contributed by atoms with Crippen molar-refractivity contribution in [2.24, 2.45) is 0 Å². The number of hydrogen-bond donors (Lipinski definition) is 1. The first-order valence-electron chi connectivity index (χ1n) is 6.34. The number of anilines is 1. The first kappa shape index (κ1) is 14.4. The normalized spacial score (nSPS) is 11.8. The molecule has 0 aliphatic carbocycles. The molecule has 0 aliphatic heterocycles. The van der Waals surface area contributed by atoms with Gasteiger partial charge in [0, 0.05) is 10.7 Å². The van der Waals surface area contributed by atoms with E-state index in [2.05, 4.69) is 5.32 Å². The zero-order valence-electron chi connectivity index (χ0n) is 11.4. The van der Waals surface area contributed by atoms with Crippen molar-refractivity contribution in [1.29, 1.82) is 0 Å². The third-order valence-electron chi connectivity index (χ3n) is 2.80. The number of carbonyl (C=O) groups excluding carboxylic acids is 1. The SMILES string of the molecule is Cc1ccc(NC(=O)[C@@H](C)Oc2cccc(Cl)c2)cc1. The van der Waals surface area contributed by atoms with Gasteiger partial charge in [0.05, 0.1) is 0 Å². The van der Waals surface area contributed by atoms with E-state index in [1.807, 2.05) is 31.2 Å². The van der Waals surface area contributed by atoms with Crippen LogP contribution in [0.2, 0.25) is 5.02 Å². The number of ether oxygens (including phenoxy) is 1. The number of nitrogens with one attached hydrogen (secondary N) is 1. The summed E-state index contributed by atoms with van der Waals surface area (Å²) in [4.78, 5) is 12.0. The monoisotopic (exact) mass is 289 g/mol. The van der Waals surface area contributed by atoms with E-state index in [9.17, 15) is 4.79 Å². The molecule has 0 aromatic heterocycles. The lowest BCUT2D eigenvalue weighted by Crippen LogP contribution is -2.30. The molecule has 1 amide bonds. The average molecular weight is 290 g/mol. The highest BCUT2D eigenvalue weighted by molar-refractivity contribution is 6.30. The fourth-order valence-corrected chi connectivity index (χ4v) is 1.86. The van der Waals surface area contributed by atoms with Crippen LogP contribution in [0.5, 0.6) is 5.75 Å². The molecule has 0 radical (unpaired) electrons. The fourth-order valence-electron chi connectivity index (χ4n) is 1.68. The molecule has 0 spiro atoms. The number of carbonyl (C=O) groups is 1. The van der Waals surface area contributed by atoms with E-state index in [-0.39, 0.29) is 5.91 Å². The Labute approximate surface area is 123 Å². The summed E-state index contributed by atoms with van der Waals surface area (Å²) >= 11 is 5.87. The topological polar surface area (TPSA) is 38.3 Å². The van der Waals surface area contributed by atoms with Crippen LogP contribution in [0.25, 0.3) is 0 Å². The predicted molar refractivity (Wildman–Crippen MR) is 81.4 cm³/mol. The van der Waals surface area contributed by atoms with E-state index in [0.717, 1.165) is 11.3 Å². The van der Waals surface area contributed by atoms with Gasteiger partial charge in [0.2, 0.25) is 0 Å². The molecular weight excluding hydrogens is 274 g/mol. The van der Waals surface area contributed by atoms with Crippen molar-refractivity contribution in [1.82, 2.24) is 0 Å². The number of amides is 1. The maximum absolute atomic E-state index is 12.0. The lowest BCUT2D eigenvalue weighted by Gasteiger charge is -2.15. The minimum absolute atomic E-state index is 0.200. The molecule has 0 fully saturated rings. The Morgan fingerprint density at radius 3 is 2.55 bits per heavy atom. The summed E-state index contributed by atoms with van der Waals surface area (Å²) in [6, 6.07) is 14.6. The number of aryl methyl sites for hydroxylation is 1. The minimum Gasteiger partial charge on any atom is -0.481 e. The summed E-state index contributed by atoms with van der Waals surface area (Å²) in [6.45, 7) is 3.70. The van der Waals surface area contributed by atoms with Gasteiger partial charge < -0.3 is 10.1 Å². The molecule has 0 bridgehead atoms. The van der Waals surface area contributed by atoms with Crippen molar-refractivity contribution in [3.8, 4) is 5.75 Å². The molecule has 0 heterocycles. The number of rotatable bonds is 4. The number of halogens is 1. The first-order chi connectivity index (χ1) is 9.54. The summed E-state index contributed by atoms with van der Waals surface area (Å²) in [5.74, 6) is 0.373. The van der Waals surface area contributed by atoms with Gasteiger partial charge in [-0.15, -0.1) is 0 Å². The van der Waals surface area contributed by atoms with Crippen LogP contribution >= 0.6 is 11.6 Å². The maximum atomic E-state index is 12.0. The first-order valence-corrected chi connectivity index (χ1v) is 6.72. The number of benzene rings is 2. The summed E-state index contributed by atoms with van der Waals surface area (Å²) < 4.78 is 5.56. The largest absolute Gasteiger partial charge is 0.481 e. The van der Waals surface area contributed by atoms with Crippen LogP contribution in [0, 0.1) is 6.92 Å². The van der Waals surface area contributed by atoms with E-state index < -0.39 is 6.10 Å². The fraction of sp³-hybridized carbons (Fsp3) is 0.188. The van der Waals surface area contributed by atoms with Crippen molar-refractivity contribution in [3.63, 3.8) is 0 Å². The van der Waals surface area contributed by atoms with E-state index in [0.29, 0.717) is 10.8 Å². The Morgan fingerprint density at radius 1 is 1.20 bits per heavy atom. The Kier molecular flexibility index (Phi) is 4.64. The van der Waals surface area contributed by atoms with Crippen LogP contribution in [-0.2, 0) is 4.79 Å². The smallest absolute Gasteiger partial charge is 0.265 e. The van der Waals surface area contributed by atoms with Crippen molar-refractivity contribution in [3.05, 3.63) is 59.1 Å². The maximum Gasteiger partial charge on any atom is 0.265 e. The molecular formula is C16H16ClNO2. The second-order valence-electron chi connectivity index (χ2n) is 4.57. The third-order valence-corrected chi connectivity index (χ3v) is 3.03. The van der Waals surface area contributed by atoms with Gasteiger partial charge in [-0.05, 0) is 44.2 Å². The van der Waals surface area contributed by atoms with E-state index in [1.165, 1.54) is 0 Å². The van der Waals surface area contributed by atoms with Crippen molar-refractivity contribution in [2.75, 3.05) is 5.32 Å². The second-order valence-corrected chi connectivity index (χ2v) is 5.01. The van der Waals surface area contributed by atoms with Crippen molar-refractivity contribution >= 4 is 23.2 Å². The molecule has 0 aliphatic rings. The average Bonchev–Trinajstić information content (AvgIpc) is 2.41. The molecule has 0 unspecified atom stereocenters. The van der Waals surface area contributed by atoms with E-state index >= 15 is 0 Å². The standard InChI is InChI=1S/C16H16ClNO2/c1-11-6-8-14(9-7-11)18-16(19)12(2)20-15-5-3-4-13(17)10-15/h3-10,12H,1-2H3,(H,18,19)/t12-/m1/s1. The minimum atomic E-state index is -0.602. The van der Waals surface area contributed by atoms with Crippen LogP contribution in [0.4, 0.5) is 5.69 Å². The zero-order valence-corrected chi connectivity index (χ0v) is 12.1. The van der Waals surface area contributed by atoms with Gasteiger partial charge in [-0.25, -0.2) is 0 Å². The van der Waals surface area contributed by atoms with E-state index in [4.69, 9.17) is 16.3 Å². The molecule has 4 heteroatoms. The van der Waals surface area contributed by atoms with Gasteiger partial charge in [0.15, 0.2) is 6.10 Å². The second kappa shape index (κ2) is 6.44. The van der Waals surface area contributed by atoms with Crippen LogP contribution < -0.4 is 10.1 Å². The van der Waals surface area contributed by atoms with Crippen molar-refractivity contribution < 1.29 is 9.53 Å². The van der Waals surface area contributed by atoms with Gasteiger partial charge in [-0.2, -0.15) is 0 Å². The molecule has 3 nitrogen and oxygen atoms in total. The van der Waals surface area contributed by atoms with Gasteiger partial charge in [0.25, 0.3) is 5.91 Å². The Morgan fingerprint density at radius 2 is 1.90 bits per heavy atom. The van der Waals surface area contributed by atoms with Gasteiger partial charge in [-0.1, -0.05) is 35.4 Å².